The fourth-order valence-corrected chi connectivity index (χ4v) is 2.36. The molecule has 0 fully saturated rings. The van der Waals surface area contributed by atoms with Gasteiger partial charge in [0.05, 0.1) is 10.6 Å². The van der Waals surface area contributed by atoms with E-state index < -0.39 is 17.8 Å². The van der Waals surface area contributed by atoms with Crippen LogP contribution in [0.15, 0.2) is 48.6 Å². The molecule has 0 bridgehead atoms. The van der Waals surface area contributed by atoms with E-state index in [1.165, 1.54) is 18.2 Å². The van der Waals surface area contributed by atoms with Gasteiger partial charge in [0.15, 0.2) is 0 Å². The van der Waals surface area contributed by atoms with E-state index in [1.54, 1.807) is 18.2 Å². The molecule has 2 amide bonds. The van der Waals surface area contributed by atoms with Gasteiger partial charge in [-0.05, 0) is 42.8 Å². The van der Waals surface area contributed by atoms with Gasteiger partial charge in [-0.15, -0.1) is 0 Å². The van der Waals surface area contributed by atoms with Crippen molar-refractivity contribution in [2.24, 2.45) is 0 Å². The number of halogens is 2. The molecule has 0 radical (unpaired) electrons. The molecular weight excluding hydrogens is 379 g/mol. The first kappa shape index (κ1) is 19.5. The van der Waals surface area contributed by atoms with E-state index in [0.29, 0.717) is 22.5 Å². The topological polar surface area (TPSA) is 95.5 Å². The maximum atomic E-state index is 12.4. The zero-order chi connectivity index (χ0) is 19.3. The van der Waals surface area contributed by atoms with Gasteiger partial charge in [0.25, 0.3) is 5.91 Å². The number of rotatable bonds is 5. The first-order chi connectivity index (χ1) is 12.3. The molecule has 8 heteroatoms. The molecule has 0 atom stereocenters. The van der Waals surface area contributed by atoms with Crippen molar-refractivity contribution in [3.05, 3.63) is 69.7 Å². The van der Waals surface area contributed by atoms with Crippen molar-refractivity contribution in [3.63, 3.8) is 0 Å². The highest BCUT2D eigenvalue weighted by Gasteiger charge is 2.13. The number of benzene rings is 2. The molecule has 26 heavy (non-hydrogen) atoms. The number of carboxylic acid groups (broad SMARTS) is 1. The average Bonchev–Trinajstić information content (AvgIpc) is 2.58. The summed E-state index contributed by atoms with van der Waals surface area (Å²) in [6, 6.07) is 9.43. The summed E-state index contributed by atoms with van der Waals surface area (Å²) in [5, 5.41) is 14.3. The number of hydrogen-bond donors (Lipinski definition) is 3. The first-order valence-corrected chi connectivity index (χ1v) is 8.11. The Morgan fingerprint density at radius 1 is 0.923 bits per heavy atom. The van der Waals surface area contributed by atoms with Gasteiger partial charge in [0.2, 0.25) is 5.91 Å². The molecule has 0 aromatic heterocycles. The molecule has 0 heterocycles. The van der Waals surface area contributed by atoms with Gasteiger partial charge in [-0.1, -0.05) is 29.3 Å². The second kappa shape index (κ2) is 8.51. The molecule has 0 spiro atoms. The van der Waals surface area contributed by atoms with Crippen LogP contribution in [0.5, 0.6) is 0 Å². The molecule has 0 aliphatic carbocycles. The lowest BCUT2D eigenvalue weighted by atomic mass is 10.1. The van der Waals surface area contributed by atoms with Crippen molar-refractivity contribution in [2.75, 3.05) is 10.6 Å². The van der Waals surface area contributed by atoms with Crippen molar-refractivity contribution < 1.29 is 19.5 Å². The van der Waals surface area contributed by atoms with Crippen LogP contribution in [0, 0.1) is 6.92 Å². The van der Waals surface area contributed by atoms with Crippen LogP contribution < -0.4 is 10.6 Å². The minimum atomic E-state index is -1.24. The summed E-state index contributed by atoms with van der Waals surface area (Å²) in [5.74, 6) is -2.37. The van der Waals surface area contributed by atoms with Crippen LogP contribution >= 0.6 is 23.2 Å². The van der Waals surface area contributed by atoms with Crippen LogP contribution in [0.3, 0.4) is 0 Å². The van der Waals surface area contributed by atoms with E-state index in [-0.39, 0.29) is 10.6 Å². The number of hydrogen-bond acceptors (Lipinski definition) is 3. The summed E-state index contributed by atoms with van der Waals surface area (Å²) in [6.45, 7) is 1.84. The largest absolute Gasteiger partial charge is 0.478 e. The number of carbonyl (C=O) groups excluding carboxylic acids is 2. The molecule has 6 nitrogen and oxygen atoms in total. The summed E-state index contributed by atoms with van der Waals surface area (Å²) in [5.41, 5.74) is 1.81. The number of nitrogens with one attached hydrogen (secondary N) is 2. The third kappa shape index (κ3) is 5.34. The van der Waals surface area contributed by atoms with Crippen LogP contribution in [0.1, 0.15) is 15.9 Å². The van der Waals surface area contributed by atoms with Crippen LogP contribution in [0.25, 0.3) is 0 Å². The maximum absolute atomic E-state index is 12.4. The van der Waals surface area contributed by atoms with Gasteiger partial charge in [0, 0.05) is 28.5 Å². The highest BCUT2D eigenvalue weighted by atomic mass is 35.5. The maximum Gasteiger partial charge on any atom is 0.328 e. The molecule has 3 N–H and O–H groups in total. The van der Waals surface area contributed by atoms with Crippen molar-refractivity contribution >= 4 is 52.4 Å². The number of carboxylic acids is 1. The molecule has 0 aliphatic heterocycles. The summed E-state index contributed by atoms with van der Waals surface area (Å²) in [7, 11) is 0. The van der Waals surface area contributed by atoms with E-state index in [2.05, 4.69) is 10.6 Å². The van der Waals surface area contributed by atoms with E-state index in [0.717, 1.165) is 11.6 Å². The number of aryl methyl sites for hydroxylation is 1. The quantitative estimate of drug-likeness (QED) is 0.666. The molecule has 2 aromatic carbocycles. The molecule has 2 rings (SSSR count). The van der Waals surface area contributed by atoms with Crippen LogP contribution in [-0.2, 0) is 9.59 Å². The van der Waals surface area contributed by atoms with Gasteiger partial charge in [0.1, 0.15) is 0 Å². The third-order valence-electron chi connectivity index (χ3n) is 3.29. The molecule has 2 aromatic rings. The van der Waals surface area contributed by atoms with E-state index in [1.807, 2.05) is 6.92 Å². The summed E-state index contributed by atoms with van der Waals surface area (Å²) >= 11 is 12.1. The fraction of sp³-hybridized carbons (Fsp3) is 0.0556. The number of amides is 2. The highest BCUT2D eigenvalue weighted by Crippen LogP contribution is 2.24. The van der Waals surface area contributed by atoms with E-state index in [4.69, 9.17) is 28.3 Å². The van der Waals surface area contributed by atoms with Crippen molar-refractivity contribution in [1.29, 1.82) is 0 Å². The smallest absolute Gasteiger partial charge is 0.328 e. The van der Waals surface area contributed by atoms with Gasteiger partial charge in [-0.25, -0.2) is 4.79 Å². The third-order valence-corrected chi connectivity index (χ3v) is 4.02. The monoisotopic (exact) mass is 392 g/mol. The van der Waals surface area contributed by atoms with Crippen molar-refractivity contribution in [1.82, 2.24) is 0 Å². The molecule has 134 valence electrons. The van der Waals surface area contributed by atoms with E-state index >= 15 is 0 Å². The molecular formula is C18H14Cl2N2O4. The zero-order valence-corrected chi connectivity index (χ0v) is 15.1. The Bertz CT molecular complexity index is 910. The van der Waals surface area contributed by atoms with Gasteiger partial charge in [-0.3, -0.25) is 9.59 Å². The second-order valence-electron chi connectivity index (χ2n) is 5.27. The van der Waals surface area contributed by atoms with Crippen LogP contribution in [0.2, 0.25) is 10.0 Å². The van der Waals surface area contributed by atoms with Crippen molar-refractivity contribution in [3.8, 4) is 0 Å². The Morgan fingerprint density at radius 2 is 1.58 bits per heavy atom. The second-order valence-corrected chi connectivity index (χ2v) is 6.09. The van der Waals surface area contributed by atoms with E-state index in [9.17, 15) is 14.4 Å². The standard InChI is InChI=1S/C18H14Cl2N2O4/c1-10-2-3-12(9-15(10)20)22-18(26)13-8-11(4-5-14(13)19)21-16(23)6-7-17(24)25/h2-9H,1H3,(H,21,23)(H,22,26)(H,24,25)/b7-6-. The lowest BCUT2D eigenvalue weighted by molar-refractivity contribution is -0.131. The molecule has 0 saturated carbocycles. The number of carbonyl (C=O) groups is 3. The molecule has 0 unspecified atom stereocenters. The Morgan fingerprint density at radius 3 is 2.23 bits per heavy atom. The number of anilines is 2. The Kier molecular flexibility index (Phi) is 6.38. The minimum Gasteiger partial charge on any atom is -0.478 e. The number of aliphatic carboxylic acids is 1. The first-order valence-electron chi connectivity index (χ1n) is 7.35. The lowest BCUT2D eigenvalue weighted by Gasteiger charge is -2.10. The Labute approximate surface area is 159 Å². The fourth-order valence-electron chi connectivity index (χ4n) is 1.98. The molecule has 0 aliphatic rings. The Balaban J connectivity index is 2.17. The lowest BCUT2D eigenvalue weighted by Crippen LogP contribution is -2.14. The van der Waals surface area contributed by atoms with Crippen LogP contribution in [-0.4, -0.2) is 22.9 Å². The molecule has 0 saturated heterocycles. The van der Waals surface area contributed by atoms with Crippen LogP contribution in [0.4, 0.5) is 11.4 Å². The van der Waals surface area contributed by atoms with Gasteiger partial charge >= 0.3 is 5.97 Å². The normalized spacial score (nSPS) is 10.6. The highest BCUT2D eigenvalue weighted by molar-refractivity contribution is 6.34. The average molecular weight is 393 g/mol. The van der Waals surface area contributed by atoms with Gasteiger partial charge in [-0.2, -0.15) is 0 Å². The summed E-state index contributed by atoms with van der Waals surface area (Å²) < 4.78 is 0. The predicted octanol–water partition coefficient (Wildman–Crippen LogP) is 4.13. The predicted molar refractivity (Wildman–Crippen MR) is 101 cm³/mol. The van der Waals surface area contributed by atoms with Crippen molar-refractivity contribution in [2.45, 2.75) is 6.92 Å². The minimum absolute atomic E-state index is 0.142. The SMILES string of the molecule is Cc1ccc(NC(=O)c2cc(NC(=O)/C=C\C(=O)O)ccc2Cl)cc1Cl. The Hall–Kier alpha value is -2.83. The van der Waals surface area contributed by atoms with Gasteiger partial charge < -0.3 is 15.7 Å². The summed E-state index contributed by atoms with van der Waals surface area (Å²) in [4.78, 5) is 34.5. The summed E-state index contributed by atoms with van der Waals surface area (Å²) in [6.07, 6.45) is 1.57. The zero-order valence-electron chi connectivity index (χ0n) is 13.5.